The van der Waals surface area contributed by atoms with Crippen LogP contribution in [0, 0.1) is 6.92 Å². The number of ether oxygens (including phenoxy) is 1. The fourth-order valence-electron chi connectivity index (χ4n) is 2.01. The molecule has 0 radical (unpaired) electrons. The van der Waals surface area contributed by atoms with E-state index >= 15 is 0 Å². The lowest BCUT2D eigenvalue weighted by atomic mass is 10.1. The second kappa shape index (κ2) is 6.69. The number of hydrogen-bond donors (Lipinski definition) is 1. The van der Waals surface area contributed by atoms with Gasteiger partial charge in [0.05, 0.1) is 25.4 Å². The molecule has 0 fully saturated rings. The van der Waals surface area contributed by atoms with Crippen molar-refractivity contribution >= 4 is 0 Å². The molecule has 0 saturated heterocycles. The highest BCUT2D eigenvalue weighted by Gasteiger charge is 2.17. The van der Waals surface area contributed by atoms with Crippen LogP contribution in [0.2, 0.25) is 0 Å². The van der Waals surface area contributed by atoms with E-state index in [1.807, 2.05) is 45.0 Å². The molecule has 0 bridgehead atoms. The van der Waals surface area contributed by atoms with Crippen LogP contribution in [0.1, 0.15) is 19.4 Å². The molecule has 6 nitrogen and oxygen atoms in total. The molecule has 0 spiro atoms. The molecule has 1 heterocycles. The summed E-state index contributed by atoms with van der Waals surface area (Å²) in [6.45, 7) is 5.94. The Balaban J connectivity index is 2.23. The summed E-state index contributed by atoms with van der Waals surface area (Å²) in [5.74, 6) is -0.168. The largest absolute Gasteiger partial charge is 0.441 e. The van der Waals surface area contributed by atoms with E-state index in [2.05, 4.69) is 5.16 Å². The SMILES string of the molecule is Cc1ccccc1-c1noc(=O)n1CC(O)COC(C)C. The second-order valence-corrected chi connectivity index (χ2v) is 5.23. The first-order chi connectivity index (χ1) is 9.99. The topological polar surface area (TPSA) is 77.5 Å². The van der Waals surface area contributed by atoms with Crippen LogP contribution in [0.4, 0.5) is 0 Å². The van der Waals surface area contributed by atoms with Crippen molar-refractivity contribution in [2.24, 2.45) is 0 Å². The average Bonchev–Trinajstić information content (AvgIpc) is 2.79. The number of rotatable bonds is 6. The Hall–Kier alpha value is -1.92. The first-order valence-electron chi connectivity index (χ1n) is 6.91. The van der Waals surface area contributed by atoms with E-state index in [4.69, 9.17) is 9.26 Å². The van der Waals surface area contributed by atoms with Crippen LogP contribution in [0.15, 0.2) is 33.6 Å². The van der Waals surface area contributed by atoms with Crippen LogP contribution in [0.5, 0.6) is 0 Å². The van der Waals surface area contributed by atoms with Crippen LogP contribution in [-0.4, -0.2) is 33.6 Å². The van der Waals surface area contributed by atoms with Crippen molar-refractivity contribution in [2.75, 3.05) is 6.61 Å². The molecule has 2 rings (SSSR count). The van der Waals surface area contributed by atoms with Crippen LogP contribution < -0.4 is 5.76 Å². The van der Waals surface area contributed by atoms with Gasteiger partial charge in [0.1, 0.15) is 0 Å². The smallest absolute Gasteiger partial charge is 0.389 e. The number of aliphatic hydroxyl groups excluding tert-OH is 1. The number of hydrogen-bond acceptors (Lipinski definition) is 5. The molecular weight excluding hydrogens is 272 g/mol. The number of aromatic nitrogens is 2. The highest BCUT2D eigenvalue weighted by Crippen LogP contribution is 2.20. The molecule has 6 heteroatoms. The summed E-state index contributed by atoms with van der Waals surface area (Å²) in [7, 11) is 0. The van der Waals surface area contributed by atoms with Gasteiger partial charge in [-0.05, 0) is 26.3 Å². The van der Waals surface area contributed by atoms with Gasteiger partial charge in [0, 0.05) is 5.56 Å². The zero-order chi connectivity index (χ0) is 15.4. The van der Waals surface area contributed by atoms with Gasteiger partial charge in [-0.2, -0.15) is 0 Å². The lowest BCUT2D eigenvalue weighted by molar-refractivity contribution is -0.00119. The van der Waals surface area contributed by atoms with Crippen LogP contribution in [0.25, 0.3) is 11.4 Å². The lowest BCUT2D eigenvalue weighted by Crippen LogP contribution is -2.28. The van der Waals surface area contributed by atoms with Gasteiger partial charge < -0.3 is 9.84 Å². The van der Waals surface area contributed by atoms with Crippen molar-refractivity contribution in [2.45, 2.75) is 39.5 Å². The first kappa shape index (κ1) is 15.5. The summed E-state index contributed by atoms with van der Waals surface area (Å²) in [4.78, 5) is 11.8. The van der Waals surface area contributed by atoms with Crippen molar-refractivity contribution in [3.05, 3.63) is 40.4 Å². The van der Waals surface area contributed by atoms with Crippen molar-refractivity contribution in [1.82, 2.24) is 9.72 Å². The molecule has 0 amide bonds. The molecule has 1 N–H and O–H groups in total. The molecule has 0 aliphatic carbocycles. The van der Waals surface area contributed by atoms with E-state index in [1.54, 1.807) is 0 Å². The number of nitrogens with zero attached hydrogens (tertiary/aromatic N) is 2. The molecule has 0 aliphatic rings. The molecule has 1 atom stereocenters. The average molecular weight is 292 g/mol. The molecule has 0 aliphatic heterocycles. The summed E-state index contributed by atoms with van der Waals surface area (Å²) in [5.41, 5.74) is 1.78. The predicted molar refractivity (Wildman–Crippen MR) is 78.0 cm³/mol. The molecule has 2 aromatic rings. The Bertz CT molecular complexity index is 645. The fraction of sp³-hybridized carbons (Fsp3) is 0.467. The predicted octanol–water partition coefficient (Wildman–Crippen LogP) is 1.60. The summed E-state index contributed by atoms with van der Waals surface area (Å²) >= 11 is 0. The number of benzene rings is 1. The third-order valence-corrected chi connectivity index (χ3v) is 3.09. The maximum atomic E-state index is 11.8. The molecular formula is C15H20N2O4. The minimum absolute atomic E-state index is 0.0229. The van der Waals surface area contributed by atoms with Gasteiger partial charge >= 0.3 is 5.76 Å². The van der Waals surface area contributed by atoms with E-state index in [-0.39, 0.29) is 19.3 Å². The van der Waals surface area contributed by atoms with Crippen molar-refractivity contribution < 1.29 is 14.4 Å². The van der Waals surface area contributed by atoms with E-state index in [0.717, 1.165) is 11.1 Å². The molecule has 1 aromatic heterocycles. The Morgan fingerprint density at radius 1 is 1.38 bits per heavy atom. The van der Waals surface area contributed by atoms with Gasteiger partial charge in [0.25, 0.3) is 0 Å². The Morgan fingerprint density at radius 2 is 2.10 bits per heavy atom. The number of aliphatic hydroxyl groups is 1. The van der Waals surface area contributed by atoms with Crippen molar-refractivity contribution in [1.29, 1.82) is 0 Å². The maximum absolute atomic E-state index is 11.8. The van der Waals surface area contributed by atoms with E-state index in [9.17, 15) is 9.90 Å². The third-order valence-electron chi connectivity index (χ3n) is 3.09. The van der Waals surface area contributed by atoms with Crippen molar-refractivity contribution in [3.8, 4) is 11.4 Å². The monoisotopic (exact) mass is 292 g/mol. The van der Waals surface area contributed by atoms with Gasteiger partial charge in [0.15, 0.2) is 5.82 Å². The summed E-state index contributed by atoms with van der Waals surface area (Å²) < 4.78 is 11.4. The Labute approximate surface area is 123 Å². The Morgan fingerprint density at radius 3 is 2.76 bits per heavy atom. The highest BCUT2D eigenvalue weighted by atomic mass is 16.5. The second-order valence-electron chi connectivity index (χ2n) is 5.23. The summed E-state index contributed by atoms with van der Waals surface area (Å²) in [6, 6.07) is 7.56. The summed E-state index contributed by atoms with van der Waals surface area (Å²) in [5, 5.41) is 13.8. The van der Waals surface area contributed by atoms with Gasteiger partial charge in [-0.25, -0.2) is 4.79 Å². The van der Waals surface area contributed by atoms with Gasteiger partial charge in [-0.3, -0.25) is 9.09 Å². The normalized spacial score (nSPS) is 12.8. The van der Waals surface area contributed by atoms with Gasteiger partial charge in [0.2, 0.25) is 0 Å². The van der Waals surface area contributed by atoms with E-state index < -0.39 is 11.9 Å². The molecule has 1 aromatic carbocycles. The summed E-state index contributed by atoms with van der Waals surface area (Å²) in [6.07, 6.45) is -0.776. The Kier molecular flexibility index (Phi) is 4.93. The van der Waals surface area contributed by atoms with E-state index in [0.29, 0.717) is 5.82 Å². The molecule has 114 valence electrons. The zero-order valence-corrected chi connectivity index (χ0v) is 12.4. The quantitative estimate of drug-likeness (QED) is 0.875. The lowest BCUT2D eigenvalue weighted by Gasteiger charge is -2.14. The van der Waals surface area contributed by atoms with E-state index in [1.165, 1.54) is 4.57 Å². The number of aryl methyl sites for hydroxylation is 1. The minimum Gasteiger partial charge on any atom is -0.389 e. The highest BCUT2D eigenvalue weighted by molar-refractivity contribution is 5.59. The van der Waals surface area contributed by atoms with Gasteiger partial charge in [-0.1, -0.05) is 29.4 Å². The van der Waals surface area contributed by atoms with Crippen LogP contribution in [-0.2, 0) is 11.3 Å². The van der Waals surface area contributed by atoms with Gasteiger partial charge in [-0.15, -0.1) is 0 Å². The van der Waals surface area contributed by atoms with Crippen LogP contribution in [0.3, 0.4) is 0 Å². The third kappa shape index (κ3) is 3.80. The maximum Gasteiger partial charge on any atom is 0.441 e. The van der Waals surface area contributed by atoms with Crippen LogP contribution >= 0.6 is 0 Å². The first-order valence-corrected chi connectivity index (χ1v) is 6.91. The standard InChI is InChI=1S/C15H20N2O4/c1-10(2)20-9-12(18)8-17-14(16-21-15(17)19)13-7-5-4-6-11(13)3/h4-7,10,12,18H,8-9H2,1-3H3. The fourth-order valence-corrected chi connectivity index (χ4v) is 2.01. The zero-order valence-electron chi connectivity index (χ0n) is 12.4. The van der Waals surface area contributed by atoms with Crippen molar-refractivity contribution in [3.63, 3.8) is 0 Å². The minimum atomic E-state index is -0.799. The molecule has 1 unspecified atom stereocenters. The molecule has 21 heavy (non-hydrogen) atoms. The molecule has 0 saturated carbocycles.